The van der Waals surface area contributed by atoms with E-state index in [1.807, 2.05) is 0 Å². The smallest absolute Gasteiger partial charge is 0.204 e. The Kier molecular flexibility index (Phi) is 3.72. The highest BCUT2D eigenvalue weighted by Crippen LogP contribution is 2.33. The van der Waals surface area contributed by atoms with Crippen LogP contribution < -0.4 is 9.98 Å². The van der Waals surface area contributed by atoms with Crippen molar-refractivity contribution in [2.45, 2.75) is 38.1 Å². The predicted octanol–water partition coefficient (Wildman–Crippen LogP) is 1.02. The fourth-order valence-electron chi connectivity index (χ4n) is 1.51. The molecule has 1 unspecified atom stereocenters. The molecule has 0 heterocycles. The number of nitrogens with one attached hydrogen (secondary N) is 1. The summed E-state index contributed by atoms with van der Waals surface area (Å²) in [6.07, 6.45) is 5.32. The lowest BCUT2D eigenvalue weighted by Crippen LogP contribution is -2.32. The Balaban J connectivity index is 2.34. The van der Waals surface area contributed by atoms with Gasteiger partial charge in [-0.3, -0.25) is 9.65 Å². The van der Waals surface area contributed by atoms with Gasteiger partial charge in [-0.25, -0.2) is 0 Å². The van der Waals surface area contributed by atoms with Crippen molar-refractivity contribution in [1.29, 1.82) is 0 Å². The second-order valence-corrected chi connectivity index (χ2v) is 4.76. The molecule has 5 heteroatoms. The van der Waals surface area contributed by atoms with Gasteiger partial charge in [0.2, 0.25) is 7.75 Å². The van der Waals surface area contributed by atoms with Gasteiger partial charge in [0.05, 0.1) is 0 Å². The van der Waals surface area contributed by atoms with Crippen LogP contribution in [0.4, 0.5) is 0 Å². The highest BCUT2D eigenvalue weighted by molar-refractivity contribution is 7.49. The average molecular weight is 192 g/mol. The highest BCUT2D eigenvalue weighted by atomic mass is 31.2. The summed E-state index contributed by atoms with van der Waals surface area (Å²) < 4.78 is 15.3. The molecule has 0 bridgehead atoms. The van der Waals surface area contributed by atoms with Crippen LogP contribution in [-0.2, 0) is 9.09 Å². The molecule has 0 aromatic heterocycles. The molecular weight excluding hydrogens is 177 g/mol. The minimum absolute atomic E-state index is 0.0991. The molecule has 1 atom stereocenters. The van der Waals surface area contributed by atoms with Crippen LogP contribution in [0.2, 0.25) is 0 Å². The Labute approximate surface area is 72.9 Å². The Morgan fingerprint density at radius 3 is 2.50 bits per heavy atom. The van der Waals surface area contributed by atoms with Crippen molar-refractivity contribution in [2.24, 2.45) is 0 Å². The fourth-order valence-corrected chi connectivity index (χ4v) is 2.32. The van der Waals surface area contributed by atoms with E-state index in [0.29, 0.717) is 0 Å². The van der Waals surface area contributed by atoms with E-state index in [9.17, 15) is 9.46 Å². The summed E-state index contributed by atoms with van der Waals surface area (Å²) in [5, 5.41) is 2.52. The van der Waals surface area contributed by atoms with Crippen LogP contribution in [-0.4, -0.2) is 13.2 Å². The monoisotopic (exact) mass is 192 g/mol. The first-order valence-corrected chi connectivity index (χ1v) is 5.83. The molecule has 1 N–H and O–H groups in total. The minimum atomic E-state index is -3.74. The van der Waals surface area contributed by atoms with Crippen molar-refractivity contribution in [3.63, 3.8) is 0 Å². The van der Waals surface area contributed by atoms with Gasteiger partial charge in [-0.15, -0.1) is 0 Å². The van der Waals surface area contributed by atoms with E-state index < -0.39 is 7.75 Å². The SMILES string of the molecule is COP(=O)([O-])NC1CCCCC1. The van der Waals surface area contributed by atoms with Crippen LogP contribution in [0.3, 0.4) is 0 Å². The molecule has 0 aromatic rings. The van der Waals surface area contributed by atoms with Crippen molar-refractivity contribution in [3.8, 4) is 0 Å². The maximum absolute atomic E-state index is 11.0. The van der Waals surface area contributed by atoms with Gasteiger partial charge in [0.1, 0.15) is 0 Å². The zero-order valence-corrected chi connectivity index (χ0v) is 8.18. The highest BCUT2D eigenvalue weighted by Gasteiger charge is 2.17. The van der Waals surface area contributed by atoms with Gasteiger partial charge in [-0.05, 0) is 12.8 Å². The first kappa shape index (κ1) is 10.2. The summed E-state index contributed by atoms with van der Waals surface area (Å²) in [4.78, 5) is 11.0. The summed E-state index contributed by atoms with van der Waals surface area (Å²) >= 11 is 0. The summed E-state index contributed by atoms with van der Waals surface area (Å²) in [6, 6.07) is 0.0991. The molecule has 0 spiro atoms. The Hall–Kier alpha value is 0.110. The lowest BCUT2D eigenvalue weighted by molar-refractivity contribution is -0.200. The Morgan fingerprint density at radius 2 is 2.00 bits per heavy atom. The van der Waals surface area contributed by atoms with Crippen molar-refractivity contribution >= 4 is 7.75 Å². The van der Waals surface area contributed by atoms with Gasteiger partial charge in [-0.2, -0.15) is 0 Å². The molecule has 0 saturated heterocycles. The van der Waals surface area contributed by atoms with Gasteiger partial charge in [0.15, 0.2) is 0 Å². The molecule has 72 valence electrons. The molecule has 1 rings (SSSR count). The van der Waals surface area contributed by atoms with E-state index >= 15 is 0 Å². The van der Waals surface area contributed by atoms with E-state index in [-0.39, 0.29) is 6.04 Å². The topological polar surface area (TPSA) is 61.4 Å². The van der Waals surface area contributed by atoms with Crippen LogP contribution >= 0.6 is 7.75 Å². The van der Waals surface area contributed by atoms with Gasteiger partial charge in [0, 0.05) is 13.2 Å². The Bertz CT molecular complexity index is 179. The lowest BCUT2D eigenvalue weighted by Gasteiger charge is -2.30. The van der Waals surface area contributed by atoms with Crippen LogP contribution in [0.15, 0.2) is 0 Å². The van der Waals surface area contributed by atoms with Gasteiger partial charge in [0.25, 0.3) is 0 Å². The molecule has 1 saturated carbocycles. The standard InChI is InChI=1S/C7H16NO3P/c1-11-12(9,10)8-7-5-3-2-4-6-7/h7H,2-6H2,1H3,(H2,8,9,10)/p-1. The van der Waals surface area contributed by atoms with Gasteiger partial charge in [-0.1, -0.05) is 19.3 Å². The van der Waals surface area contributed by atoms with Crippen LogP contribution in [0.25, 0.3) is 0 Å². The number of rotatable bonds is 3. The summed E-state index contributed by atoms with van der Waals surface area (Å²) in [6.45, 7) is 0. The predicted molar refractivity (Wildman–Crippen MR) is 44.6 cm³/mol. The zero-order valence-electron chi connectivity index (χ0n) is 7.28. The second kappa shape index (κ2) is 4.38. The second-order valence-electron chi connectivity index (χ2n) is 3.14. The van der Waals surface area contributed by atoms with Crippen LogP contribution in [0, 0.1) is 0 Å². The maximum Gasteiger partial charge on any atom is 0.204 e. The third kappa shape index (κ3) is 3.23. The third-order valence-corrected chi connectivity index (χ3v) is 3.35. The number of hydrogen-bond acceptors (Lipinski definition) is 3. The molecule has 0 amide bonds. The van der Waals surface area contributed by atoms with E-state index in [1.54, 1.807) is 0 Å². The van der Waals surface area contributed by atoms with Crippen LogP contribution in [0.1, 0.15) is 32.1 Å². The Morgan fingerprint density at radius 1 is 1.42 bits per heavy atom. The molecule has 12 heavy (non-hydrogen) atoms. The maximum atomic E-state index is 11.0. The first-order chi connectivity index (χ1) is 5.64. The van der Waals surface area contributed by atoms with E-state index in [4.69, 9.17) is 0 Å². The summed E-state index contributed by atoms with van der Waals surface area (Å²) in [7, 11) is -2.56. The van der Waals surface area contributed by atoms with Gasteiger partial charge < -0.3 is 9.42 Å². The van der Waals surface area contributed by atoms with Crippen molar-refractivity contribution < 1.29 is 14.0 Å². The van der Waals surface area contributed by atoms with Crippen LogP contribution in [0.5, 0.6) is 0 Å². The third-order valence-electron chi connectivity index (χ3n) is 2.19. The van der Waals surface area contributed by atoms with Gasteiger partial charge >= 0.3 is 0 Å². The van der Waals surface area contributed by atoms with Crippen molar-refractivity contribution in [3.05, 3.63) is 0 Å². The molecule has 0 radical (unpaired) electrons. The lowest BCUT2D eigenvalue weighted by atomic mass is 9.96. The number of hydrogen-bond donors (Lipinski definition) is 1. The minimum Gasteiger partial charge on any atom is -0.766 e. The first-order valence-electron chi connectivity index (χ1n) is 4.28. The zero-order chi connectivity index (χ0) is 9.03. The largest absolute Gasteiger partial charge is 0.766 e. The van der Waals surface area contributed by atoms with E-state index in [0.717, 1.165) is 25.7 Å². The quantitative estimate of drug-likeness (QED) is 0.678. The normalized spacial score (nSPS) is 25.2. The summed E-state index contributed by atoms with van der Waals surface area (Å²) in [5.41, 5.74) is 0. The van der Waals surface area contributed by atoms with Crippen molar-refractivity contribution in [1.82, 2.24) is 5.09 Å². The van der Waals surface area contributed by atoms with Crippen molar-refractivity contribution in [2.75, 3.05) is 7.11 Å². The molecule has 1 aliphatic rings. The molecule has 4 nitrogen and oxygen atoms in total. The molecular formula is C7H15NO3P-. The van der Waals surface area contributed by atoms with E-state index in [1.165, 1.54) is 13.5 Å². The molecule has 0 aromatic carbocycles. The van der Waals surface area contributed by atoms with E-state index in [2.05, 4.69) is 9.61 Å². The fraction of sp³-hybridized carbons (Fsp3) is 1.00. The average Bonchev–Trinajstić information content (AvgIpc) is 2.06. The molecule has 0 aliphatic heterocycles. The molecule has 1 fully saturated rings. The summed E-state index contributed by atoms with van der Waals surface area (Å²) in [5.74, 6) is 0. The molecule has 1 aliphatic carbocycles.